The van der Waals surface area contributed by atoms with E-state index in [0.717, 1.165) is 35.1 Å². The lowest BCUT2D eigenvalue weighted by atomic mass is 10.3. The van der Waals surface area contributed by atoms with Gasteiger partial charge in [-0.05, 0) is 38.7 Å². The van der Waals surface area contributed by atoms with E-state index in [1.807, 2.05) is 29.2 Å². The van der Waals surface area contributed by atoms with E-state index < -0.39 is 0 Å². The maximum Gasteiger partial charge on any atom is 0.232 e. The number of hydrogen-bond donors (Lipinski definition) is 3. The van der Waals surface area contributed by atoms with Gasteiger partial charge in [0.05, 0.1) is 5.39 Å². The second kappa shape index (κ2) is 5.57. The molecule has 7 heteroatoms. The number of hydrogen-bond acceptors (Lipinski definition) is 5. The molecule has 0 radical (unpaired) electrons. The molecule has 3 heterocycles. The van der Waals surface area contributed by atoms with Gasteiger partial charge in [0.15, 0.2) is 5.82 Å². The fraction of sp³-hybridized carbons (Fsp3) is 0.438. The van der Waals surface area contributed by atoms with E-state index in [-0.39, 0.29) is 0 Å². The Hall–Kier alpha value is -2.57. The van der Waals surface area contributed by atoms with E-state index in [9.17, 15) is 0 Å². The topological polar surface area (TPSA) is 83.5 Å². The Morgan fingerprint density at radius 2 is 2.17 bits per heavy atom. The van der Waals surface area contributed by atoms with Gasteiger partial charge in [0.25, 0.3) is 0 Å². The summed E-state index contributed by atoms with van der Waals surface area (Å²) in [7, 11) is 0. The second-order valence-corrected chi connectivity index (χ2v) is 6.36. The van der Waals surface area contributed by atoms with Gasteiger partial charge in [-0.2, -0.15) is 15.1 Å². The zero-order chi connectivity index (χ0) is 15.8. The standard InChI is InChI=1S/C16H21N7/c1-10(2)23-8-6-13(22-23)19-16-20-14-12(5-7-17-14)15(21-16)18-9-11-3-4-11/h5-8,10-11H,3-4,9H2,1-2H3,(H3,17,18,19,20,21,22). The van der Waals surface area contributed by atoms with Crippen molar-refractivity contribution in [3.8, 4) is 0 Å². The highest BCUT2D eigenvalue weighted by molar-refractivity contribution is 5.88. The van der Waals surface area contributed by atoms with E-state index >= 15 is 0 Å². The average molecular weight is 311 g/mol. The summed E-state index contributed by atoms with van der Waals surface area (Å²) in [5, 5.41) is 12.1. The molecule has 0 aromatic carbocycles. The molecule has 4 rings (SSSR count). The van der Waals surface area contributed by atoms with Crippen LogP contribution in [0.25, 0.3) is 11.0 Å². The molecule has 3 aromatic rings. The van der Waals surface area contributed by atoms with Crippen molar-refractivity contribution >= 4 is 28.6 Å². The van der Waals surface area contributed by atoms with Crippen LogP contribution in [0.15, 0.2) is 24.5 Å². The quantitative estimate of drug-likeness (QED) is 0.650. The van der Waals surface area contributed by atoms with Crippen molar-refractivity contribution in [2.24, 2.45) is 5.92 Å². The Kier molecular flexibility index (Phi) is 3.40. The summed E-state index contributed by atoms with van der Waals surface area (Å²) in [5.74, 6) is 2.95. The molecule has 1 saturated carbocycles. The Bertz CT molecular complexity index is 813. The number of nitrogens with zero attached hydrogens (tertiary/aromatic N) is 4. The van der Waals surface area contributed by atoms with Crippen molar-refractivity contribution < 1.29 is 0 Å². The van der Waals surface area contributed by atoms with Crippen LogP contribution in [0.4, 0.5) is 17.6 Å². The van der Waals surface area contributed by atoms with Gasteiger partial charge < -0.3 is 15.6 Å². The maximum absolute atomic E-state index is 4.62. The maximum atomic E-state index is 4.62. The number of rotatable bonds is 6. The van der Waals surface area contributed by atoms with Gasteiger partial charge in [0, 0.05) is 31.0 Å². The zero-order valence-corrected chi connectivity index (χ0v) is 13.4. The van der Waals surface area contributed by atoms with E-state index in [0.29, 0.717) is 12.0 Å². The molecular formula is C16H21N7. The fourth-order valence-corrected chi connectivity index (χ4v) is 2.50. The Labute approximate surface area is 134 Å². The molecule has 0 spiro atoms. The first-order chi connectivity index (χ1) is 11.2. The highest BCUT2D eigenvalue weighted by atomic mass is 15.3. The van der Waals surface area contributed by atoms with Crippen LogP contribution in [-0.2, 0) is 0 Å². The number of aromatic amines is 1. The summed E-state index contributed by atoms with van der Waals surface area (Å²) in [6.45, 7) is 5.16. The molecule has 1 fully saturated rings. The summed E-state index contributed by atoms with van der Waals surface area (Å²) in [6.07, 6.45) is 6.46. The van der Waals surface area contributed by atoms with Crippen molar-refractivity contribution in [2.75, 3.05) is 17.2 Å². The summed E-state index contributed by atoms with van der Waals surface area (Å²) < 4.78 is 1.90. The fourth-order valence-electron chi connectivity index (χ4n) is 2.50. The molecule has 0 amide bonds. The summed E-state index contributed by atoms with van der Waals surface area (Å²) in [4.78, 5) is 12.3. The summed E-state index contributed by atoms with van der Waals surface area (Å²) >= 11 is 0. The van der Waals surface area contributed by atoms with Crippen LogP contribution >= 0.6 is 0 Å². The third-order valence-corrected chi connectivity index (χ3v) is 4.05. The normalized spacial score (nSPS) is 14.6. The van der Waals surface area contributed by atoms with Crippen LogP contribution in [-0.4, -0.2) is 31.3 Å². The number of nitrogens with one attached hydrogen (secondary N) is 3. The number of aromatic nitrogens is 5. The molecule has 3 aromatic heterocycles. The number of H-pyrrole nitrogens is 1. The number of anilines is 3. The minimum absolute atomic E-state index is 0.327. The van der Waals surface area contributed by atoms with Crippen LogP contribution in [0.2, 0.25) is 0 Å². The van der Waals surface area contributed by atoms with E-state index in [1.165, 1.54) is 12.8 Å². The minimum Gasteiger partial charge on any atom is -0.369 e. The lowest BCUT2D eigenvalue weighted by Gasteiger charge is -2.09. The largest absolute Gasteiger partial charge is 0.369 e. The summed E-state index contributed by atoms with van der Waals surface area (Å²) in [5.41, 5.74) is 0.823. The van der Waals surface area contributed by atoms with Crippen LogP contribution in [0, 0.1) is 5.92 Å². The van der Waals surface area contributed by atoms with Crippen molar-refractivity contribution in [2.45, 2.75) is 32.7 Å². The molecule has 0 bridgehead atoms. The van der Waals surface area contributed by atoms with Gasteiger partial charge in [-0.1, -0.05) is 0 Å². The predicted octanol–water partition coefficient (Wildman–Crippen LogP) is 3.30. The molecule has 120 valence electrons. The van der Waals surface area contributed by atoms with Crippen LogP contribution < -0.4 is 10.6 Å². The predicted molar refractivity (Wildman–Crippen MR) is 91.0 cm³/mol. The molecular weight excluding hydrogens is 290 g/mol. The highest BCUT2D eigenvalue weighted by Crippen LogP contribution is 2.30. The van der Waals surface area contributed by atoms with Crippen molar-refractivity contribution in [3.05, 3.63) is 24.5 Å². The third-order valence-electron chi connectivity index (χ3n) is 4.05. The van der Waals surface area contributed by atoms with Gasteiger partial charge >= 0.3 is 0 Å². The van der Waals surface area contributed by atoms with E-state index in [2.05, 4.69) is 44.5 Å². The smallest absolute Gasteiger partial charge is 0.232 e. The molecule has 0 atom stereocenters. The van der Waals surface area contributed by atoms with Crippen molar-refractivity contribution in [3.63, 3.8) is 0 Å². The van der Waals surface area contributed by atoms with Gasteiger partial charge in [-0.25, -0.2) is 0 Å². The SMILES string of the molecule is CC(C)n1ccc(Nc2nc(NCC3CC3)c3cc[nH]c3n2)n1. The van der Waals surface area contributed by atoms with Crippen LogP contribution in [0.1, 0.15) is 32.7 Å². The monoisotopic (exact) mass is 311 g/mol. The molecule has 0 aliphatic heterocycles. The van der Waals surface area contributed by atoms with Gasteiger partial charge in [-0.15, -0.1) is 0 Å². The van der Waals surface area contributed by atoms with Gasteiger partial charge in [-0.3, -0.25) is 4.68 Å². The number of fused-ring (bicyclic) bond motifs is 1. The van der Waals surface area contributed by atoms with E-state index in [4.69, 9.17) is 0 Å². The van der Waals surface area contributed by atoms with Crippen LogP contribution in [0.5, 0.6) is 0 Å². The Balaban J connectivity index is 1.60. The zero-order valence-electron chi connectivity index (χ0n) is 13.4. The molecule has 7 nitrogen and oxygen atoms in total. The lowest BCUT2D eigenvalue weighted by molar-refractivity contribution is 0.534. The first kappa shape index (κ1) is 14.0. The molecule has 23 heavy (non-hydrogen) atoms. The van der Waals surface area contributed by atoms with Crippen LogP contribution in [0.3, 0.4) is 0 Å². The Morgan fingerprint density at radius 3 is 2.91 bits per heavy atom. The molecule has 0 unspecified atom stereocenters. The van der Waals surface area contributed by atoms with Crippen molar-refractivity contribution in [1.82, 2.24) is 24.7 Å². The van der Waals surface area contributed by atoms with E-state index in [1.54, 1.807) is 0 Å². The average Bonchev–Trinajstić information content (AvgIpc) is 3.03. The first-order valence-electron chi connectivity index (χ1n) is 8.10. The minimum atomic E-state index is 0.327. The molecule has 1 aliphatic rings. The lowest BCUT2D eigenvalue weighted by Crippen LogP contribution is -2.08. The van der Waals surface area contributed by atoms with Crippen molar-refractivity contribution in [1.29, 1.82) is 0 Å². The van der Waals surface area contributed by atoms with Gasteiger partial charge in [0.2, 0.25) is 5.95 Å². The summed E-state index contributed by atoms with van der Waals surface area (Å²) in [6, 6.07) is 4.26. The highest BCUT2D eigenvalue weighted by Gasteiger charge is 2.21. The van der Waals surface area contributed by atoms with Gasteiger partial charge in [0.1, 0.15) is 11.5 Å². The Morgan fingerprint density at radius 1 is 1.30 bits per heavy atom. The third kappa shape index (κ3) is 2.99. The molecule has 3 N–H and O–H groups in total. The molecule has 1 aliphatic carbocycles. The molecule has 0 saturated heterocycles. The second-order valence-electron chi connectivity index (χ2n) is 6.36. The first-order valence-corrected chi connectivity index (χ1v) is 8.10.